The van der Waals surface area contributed by atoms with Gasteiger partial charge in [0.15, 0.2) is 5.82 Å². The molecule has 0 spiro atoms. The van der Waals surface area contributed by atoms with E-state index in [0.717, 1.165) is 30.8 Å². The molecule has 1 amide bonds. The number of thioether (sulfide) groups is 1. The van der Waals surface area contributed by atoms with Crippen LogP contribution in [0.2, 0.25) is 0 Å². The Morgan fingerprint density at radius 3 is 2.96 bits per heavy atom. The molecule has 0 radical (unpaired) electrons. The highest BCUT2D eigenvalue weighted by Gasteiger charge is 2.28. The summed E-state index contributed by atoms with van der Waals surface area (Å²) in [5, 5.41) is 13.6. The number of carbonyl (C=O) groups is 1. The van der Waals surface area contributed by atoms with Gasteiger partial charge in [0.2, 0.25) is 5.91 Å². The molecule has 1 heterocycles. The van der Waals surface area contributed by atoms with Crippen LogP contribution in [0.5, 0.6) is 0 Å². The van der Waals surface area contributed by atoms with Gasteiger partial charge in [-0.25, -0.2) is 13.5 Å². The predicted molar refractivity (Wildman–Crippen MR) is 81.8 cm³/mol. The first-order valence-corrected chi connectivity index (χ1v) is 8.23. The van der Waals surface area contributed by atoms with Gasteiger partial charge in [0, 0.05) is 6.07 Å². The fourth-order valence-electron chi connectivity index (χ4n) is 2.01. The highest BCUT2D eigenvalue weighted by atomic mass is 32.2. The van der Waals surface area contributed by atoms with Crippen LogP contribution in [0.4, 0.5) is 14.5 Å². The SMILES string of the molecule is CC(SCc1nnnn1C1CC1)C(=O)Nc1ccc(F)cc1F. The van der Waals surface area contributed by atoms with Crippen LogP contribution in [-0.4, -0.2) is 31.4 Å². The predicted octanol–water partition coefficient (Wildman–Crippen LogP) is 2.55. The van der Waals surface area contributed by atoms with Gasteiger partial charge < -0.3 is 5.32 Å². The van der Waals surface area contributed by atoms with Gasteiger partial charge in [-0.2, -0.15) is 0 Å². The van der Waals surface area contributed by atoms with Crippen molar-refractivity contribution in [3.63, 3.8) is 0 Å². The third kappa shape index (κ3) is 3.84. The van der Waals surface area contributed by atoms with Crippen LogP contribution in [0.15, 0.2) is 18.2 Å². The van der Waals surface area contributed by atoms with E-state index < -0.39 is 16.9 Å². The molecule has 1 aliphatic rings. The average molecular weight is 339 g/mol. The highest BCUT2D eigenvalue weighted by Crippen LogP contribution is 2.35. The molecule has 1 N–H and O–H groups in total. The van der Waals surface area contributed by atoms with E-state index in [-0.39, 0.29) is 11.6 Å². The van der Waals surface area contributed by atoms with E-state index in [1.807, 2.05) is 0 Å². The van der Waals surface area contributed by atoms with Crippen LogP contribution in [-0.2, 0) is 10.5 Å². The number of hydrogen-bond donors (Lipinski definition) is 1. The molecular weight excluding hydrogens is 324 g/mol. The molecule has 1 atom stereocenters. The van der Waals surface area contributed by atoms with E-state index in [0.29, 0.717) is 11.8 Å². The molecule has 1 aliphatic carbocycles. The molecule has 1 saturated carbocycles. The van der Waals surface area contributed by atoms with Gasteiger partial charge in [0.25, 0.3) is 0 Å². The summed E-state index contributed by atoms with van der Waals surface area (Å²) >= 11 is 1.36. The quantitative estimate of drug-likeness (QED) is 0.876. The Labute approximate surface area is 135 Å². The van der Waals surface area contributed by atoms with Gasteiger partial charge in [-0.05, 0) is 42.3 Å². The van der Waals surface area contributed by atoms with E-state index in [1.165, 1.54) is 17.8 Å². The number of aromatic nitrogens is 4. The number of carbonyl (C=O) groups excluding carboxylic acids is 1. The lowest BCUT2D eigenvalue weighted by Gasteiger charge is -2.12. The molecule has 3 rings (SSSR count). The number of nitrogens with zero attached hydrogens (tertiary/aromatic N) is 4. The Kier molecular flexibility index (Phi) is 4.56. The number of anilines is 1. The third-order valence-corrected chi connectivity index (χ3v) is 4.61. The van der Waals surface area contributed by atoms with Gasteiger partial charge >= 0.3 is 0 Å². The number of halogens is 2. The molecule has 9 heteroatoms. The van der Waals surface area contributed by atoms with Crippen LogP contribution in [0.3, 0.4) is 0 Å². The zero-order valence-corrected chi connectivity index (χ0v) is 13.2. The molecule has 1 aromatic heterocycles. The number of nitrogens with one attached hydrogen (secondary N) is 1. The summed E-state index contributed by atoms with van der Waals surface area (Å²) in [5.41, 5.74) is -0.0355. The van der Waals surface area contributed by atoms with Crippen LogP contribution < -0.4 is 5.32 Å². The molecule has 6 nitrogen and oxygen atoms in total. The summed E-state index contributed by atoms with van der Waals surface area (Å²) in [5.74, 6) is -0.622. The lowest BCUT2D eigenvalue weighted by atomic mass is 10.3. The Bertz CT molecular complexity index is 719. The van der Waals surface area contributed by atoms with Crippen molar-refractivity contribution >= 4 is 23.4 Å². The van der Waals surface area contributed by atoms with Crippen molar-refractivity contribution in [2.75, 3.05) is 5.32 Å². The fraction of sp³-hybridized carbons (Fsp3) is 0.429. The highest BCUT2D eigenvalue weighted by molar-refractivity contribution is 7.99. The van der Waals surface area contributed by atoms with Crippen LogP contribution in [0, 0.1) is 11.6 Å². The number of amides is 1. The van der Waals surface area contributed by atoms with Gasteiger partial charge in [0.05, 0.1) is 22.7 Å². The summed E-state index contributed by atoms with van der Waals surface area (Å²) in [6, 6.07) is 3.41. The summed E-state index contributed by atoms with van der Waals surface area (Å²) in [7, 11) is 0. The molecule has 1 unspecified atom stereocenters. The molecule has 122 valence electrons. The van der Waals surface area contributed by atoms with Crippen molar-refractivity contribution in [3.8, 4) is 0 Å². The van der Waals surface area contributed by atoms with E-state index in [9.17, 15) is 13.6 Å². The molecule has 0 bridgehead atoms. The van der Waals surface area contributed by atoms with Crippen LogP contribution in [0.25, 0.3) is 0 Å². The lowest BCUT2D eigenvalue weighted by molar-refractivity contribution is -0.115. The number of benzene rings is 1. The Hall–Kier alpha value is -2.03. The zero-order valence-electron chi connectivity index (χ0n) is 12.4. The number of hydrogen-bond acceptors (Lipinski definition) is 5. The molecule has 0 aliphatic heterocycles. The maximum Gasteiger partial charge on any atom is 0.237 e. The van der Waals surface area contributed by atoms with Crippen LogP contribution in [0.1, 0.15) is 31.6 Å². The molecule has 1 fully saturated rings. The second kappa shape index (κ2) is 6.61. The molecule has 1 aromatic carbocycles. The first-order chi connectivity index (χ1) is 11.0. The maximum absolute atomic E-state index is 13.5. The maximum atomic E-state index is 13.5. The van der Waals surface area contributed by atoms with Crippen molar-refractivity contribution in [2.24, 2.45) is 0 Å². The second-order valence-electron chi connectivity index (χ2n) is 5.34. The molecule has 2 aromatic rings. The molecule has 23 heavy (non-hydrogen) atoms. The van der Waals surface area contributed by atoms with Gasteiger partial charge in [0.1, 0.15) is 11.6 Å². The van der Waals surface area contributed by atoms with E-state index in [2.05, 4.69) is 20.8 Å². The largest absolute Gasteiger partial charge is 0.323 e. The van der Waals surface area contributed by atoms with Crippen molar-refractivity contribution in [3.05, 3.63) is 35.7 Å². The summed E-state index contributed by atoms with van der Waals surface area (Å²) < 4.78 is 28.2. The first-order valence-electron chi connectivity index (χ1n) is 7.19. The standard InChI is InChI=1S/C14H15F2N5OS/c1-8(14(22)17-12-5-2-9(15)6-11(12)16)23-7-13-18-19-20-21(13)10-3-4-10/h2,5-6,8,10H,3-4,7H2,1H3,(H,17,22). The minimum atomic E-state index is -0.798. The molecule has 0 saturated heterocycles. The normalized spacial score (nSPS) is 15.4. The zero-order chi connectivity index (χ0) is 16.4. The number of tetrazole rings is 1. The monoisotopic (exact) mass is 339 g/mol. The third-order valence-electron chi connectivity index (χ3n) is 3.47. The van der Waals surface area contributed by atoms with Gasteiger partial charge in [-0.15, -0.1) is 16.9 Å². The topological polar surface area (TPSA) is 72.7 Å². The van der Waals surface area contributed by atoms with E-state index in [1.54, 1.807) is 11.6 Å². The average Bonchev–Trinajstić information content (AvgIpc) is 3.26. The van der Waals surface area contributed by atoms with E-state index >= 15 is 0 Å². The first kappa shape index (κ1) is 15.9. The summed E-state index contributed by atoms with van der Waals surface area (Å²) in [6.07, 6.45) is 2.14. The Morgan fingerprint density at radius 2 is 2.26 bits per heavy atom. The molecular formula is C14H15F2N5OS. The smallest absolute Gasteiger partial charge is 0.237 e. The lowest BCUT2D eigenvalue weighted by Crippen LogP contribution is -2.23. The van der Waals surface area contributed by atoms with Crippen molar-refractivity contribution < 1.29 is 13.6 Å². The fourth-order valence-corrected chi connectivity index (χ4v) is 2.81. The second-order valence-corrected chi connectivity index (χ2v) is 6.67. The summed E-state index contributed by atoms with van der Waals surface area (Å²) in [6.45, 7) is 1.71. The minimum absolute atomic E-state index is 0.0355. The van der Waals surface area contributed by atoms with Gasteiger partial charge in [-0.1, -0.05) is 0 Å². The Balaban J connectivity index is 1.56. The number of rotatable bonds is 6. The Morgan fingerprint density at radius 1 is 1.48 bits per heavy atom. The van der Waals surface area contributed by atoms with Crippen molar-refractivity contribution in [2.45, 2.75) is 36.8 Å². The van der Waals surface area contributed by atoms with E-state index in [4.69, 9.17) is 0 Å². The van der Waals surface area contributed by atoms with Crippen molar-refractivity contribution in [1.29, 1.82) is 0 Å². The summed E-state index contributed by atoms with van der Waals surface area (Å²) in [4.78, 5) is 12.1. The van der Waals surface area contributed by atoms with Gasteiger partial charge in [-0.3, -0.25) is 4.79 Å². The van der Waals surface area contributed by atoms with Crippen LogP contribution >= 0.6 is 11.8 Å². The van der Waals surface area contributed by atoms with Crippen molar-refractivity contribution in [1.82, 2.24) is 20.2 Å². The minimum Gasteiger partial charge on any atom is -0.323 e.